The summed E-state index contributed by atoms with van der Waals surface area (Å²) in [5.41, 5.74) is 3.84. The first-order valence-electron chi connectivity index (χ1n) is 12.6. The first-order valence-corrected chi connectivity index (χ1v) is 14.1. The summed E-state index contributed by atoms with van der Waals surface area (Å²) in [6.07, 6.45) is 3.26. The molecule has 0 aliphatic carbocycles. The molecule has 0 bridgehead atoms. The highest BCUT2D eigenvalue weighted by atomic mass is 32.2. The molecule has 2 aromatic heterocycles. The molecule has 0 saturated heterocycles. The van der Waals surface area contributed by atoms with Crippen LogP contribution >= 0.6 is 0 Å². The van der Waals surface area contributed by atoms with E-state index in [1.807, 2.05) is 67.6 Å². The third kappa shape index (κ3) is 5.39. The van der Waals surface area contributed by atoms with E-state index in [2.05, 4.69) is 4.98 Å². The number of carbonyl (C=O) groups excluding carboxylic acids is 1. The third-order valence-electron chi connectivity index (χ3n) is 6.31. The molecule has 39 heavy (non-hydrogen) atoms. The zero-order chi connectivity index (χ0) is 27.4. The van der Waals surface area contributed by atoms with Gasteiger partial charge in [0.25, 0.3) is 10.0 Å². The molecule has 0 radical (unpaired) electrons. The van der Waals surface area contributed by atoms with Gasteiger partial charge in [-0.2, -0.15) is 5.10 Å². The van der Waals surface area contributed by atoms with Crippen molar-refractivity contribution in [3.63, 3.8) is 0 Å². The molecule has 5 aromatic rings. The number of fused-ring (bicyclic) bond motifs is 1. The molecule has 198 valence electrons. The maximum atomic E-state index is 14.1. The van der Waals surface area contributed by atoms with Crippen LogP contribution in [0.5, 0.6) is 0 Å². The van der Waals surface area contributed by atoms with Crippen molar-refractivity contribution in [3.8, 4) is 16.9 Å². The lowest BCUT2D eigenvalue weighted by atomic mass is 10.1. The number of hydrogen-bond acceptors (Lipinski definition) is 6. The fourth-order valence-corrected chi connectivity index (χ4v) is 5.84. The predicted octanol–water partition coefficient (Wildman–Crippen LogP) is 5.54. The van der Waals surface area contributed by atoms with Gasteiger partial charge >= 0.3 is 5.97 Å². The summed E-state index contributed by atoms with van der Waals surface area (Å²) >= 11 is 0. The Morgan fingerprint density at radius 2 is 1.69 bits per heavy atom. The van der Waals surface area contributed by atoms with E-state index in [1.54, 1.807) is 48.3 Å². The number of aryl methyl sites for hydroxylation is 1. The number of para-hydroxylation sites is 2. The zero-order valence-corrected chi connectivity index (χ0v) is 22.5. The lowest BCUT2D eigenvalue weighted by molar-refractivity contribution is -0.142. The first kappa shape index (κ1) is 26.1. The summed E-state index contributed by atoms with van der Waals surface area (Å²) < 4.78 is 36.3. The number of sulfonamides is 1. The Bertz CT molecular complexity index is 1710. The van der Waals surface area contributed by atoms with E-state index < -0.39 is 16.0 Å². The highest BCUT2D eigenvalue weighted by Crippen LogP contribution is 2.37. The Morgan fingerprint density at radius 3 is 2.44 bits per heavy atom. The van der Waals surface area contributed by atoms with Crippen LogP contribution in [-0.2, 0) is 19.6 Å². The molecule has 0 amide bonds. The SMILES string of the molecule is CCOC(=O)CCN(c1cn(-c2ccccc2)nc1-c1cccc2cccnc12)S(=O)(=O)c1ccc(C)cc1. The van der Waals surface area contributed by atoms with Gasteiger partial charge in [-0.25, -0.2) is 13.1 Å². The number of carbonyl (C=O) groups is 1. The number of hydrogen-bond donors (Lipinski definition) is 0. The van der Waals surface area contributed by atoms with Gasteiger partial charge in [0.15, 0.2) is 0 Å². The van der Waals surface area contributed by atoms with Gasteiger partial charge in [-0.15, -0.1) is 0 Å². The molecule has 0 spiro atoms. The van der Waals surface area contributed by atoms with E-state index in [1.165, 1.54) is 4.31 Å². The average Bonchev–Trinajstić information content (AvgIpc) is 3.38. The van der Waals surface area contributed by atoms with Gasteiger partial charge in [-0.05, 0) is 44.2 Å². The molecule has 0 N–H and O–H groups in total. The smallest absolute Gasteiger partial charge is 0.307 e. The molecule has 5 rings (SSSR count). The molecular weight excluding hydrogens is 512 g/mol. The van der Waals surface area contributed by atoms with Crippen molar-refractivity contribution >= 4 is 32.6 Å². The fourth-order valence-electron chi connectivity index (χ4n) is 4.38. The normalized spacial score (nSPS) is 11.4. The lowest BCUT2D eigenvalue weighted by Gasteiger charge is -2.24. The largest absolute Gasteiger partial charge is 0.466 e. The van der Waals surface area contributed by atoms with Gasteiger partial charge in [0.1, 0.15) is 5.69 Å². The Kier molecular flexibility index (Phi) is 7.42. The van der Waals surface area contributed by atoms with Crippen LogP contribution in [0.3, 0.4) is 0 Å². The van der Waals surface area contributed by atoms with E-state index in [9.17, 15) is 13.2 Å². The summed E-state index contributed by atoms with van der Waals surface area (Å²) in [6.45, 7) is 3.70. The molecule has 0 aliphatic rings. The van der Waals surface area contributed by atoms with Crippen LogP contribution in [0.2, 0.25) is 0 Å². The van der Waals surface area contributed by atoms with Crippen molar-refractivity contribution in [3.05, 3.63) is 103 Å². The lowest BCUT2D eigenvalue weighted by Crippen LogP contribution is -2.33. The molecule has 0 unspecified atom stereocenters. The summed E-state index contributed by atoms with van der Waals surface area (Å²) in [6, 6.07) is 25.6. The van der Waals surface area contributed by atoms with Crippen molar-refractivity contribution in [1.82, 2.24) is 14.8 Å². The average molecular weight is 541 g/mol. The van der Waals surface area contributed by atoms with Crippen LogP contribution in [0.1, 0.15) is 18.9 Å². The van der Waals surface area contributed by atoms with Crippen LogP contribution in [0.25, 0.3) is 27.8 Å². The fraction of sp³-hybridized carbons (Fsp3) is 0.167. The van der Waals surface area contributed by atoms with Crippen molar-refractivity contribution in [1.29, 1.82) is 0 Å². The molecule has 0 aliphatic heterocycles. The minimum atomic E-state index is -4.08. The number of ether oxygens (including phenoxy) is 1. The number of pyridine rings is 1. The number of anilines is 1. The van der Waals surface area contributed by atoms with E-state index in [0.29, 0.717) is 22.5 Å². The van der Waals surface area contributed by atoms with E-state index in [4.69, 9.17) is 9.84 Å². The molecule has 3 aromatic carbocycles. The second-order valence-electron chi connectivity index (χ2n) is 8.97. The molecule has 0 atom stereocenters. The van der Waals surface area contributed by atoms with Crippen LogP contribution < -0.4 is 4.31 Å². The van der Waals surface area contributed by atoms with Crippen molar-refractivity contribution in [2.24, 2.45) is 0 Å². The second kappa shape index (κ2) is 11.1. The second-order valence-corrected chi connectivity index (χ2v) is 10.8. The summed E-state index contributed by atoms with van der Waals surface area (Å²) in [5, 5.41) is 5.76. The van der Waals surface area contributed by atoms with Crippen LogP contribution in [-0.4, -0.2) is 42.3 Å². The highest BCUT2D eigenvalue weighted by Gasteiger charge is 2.31. The van der Waals surface area contributed by atoms with Crippen LogP contribution in [0.4, 0.5) is 5.69 Å². The van der Waals surface area contributed by atoms with Gasteiger partial charge in [-0.1, -0.05) is 60.2 Å². The van der Waals surface area contributed by atoms with Crippen LogP contribution in [0.15, 0.2) is 102 Å². The Balaban J connectivity index is 1.73. The van der Waals surface area contributed by atoms with E-state index in [-0.39, 0.29) is 24.5 Å². The highest BCUT2D eigenvalue weighted by molar-refractivity contribution is 7.92. The Labute approximate surface area is 227 Å². The van der Waals surface area contributed by atoms with Gasteiger partial charge in [0, 0.05) is 23.7 Å². The monoisotopic (exact) mass is 540 g/mol. The quantitative estimate of drug-likeness (QED) is 0.228. The van der Waals surface area contributed by atoms with E-state index >= 15 is 0 Å². The number of esters is 1. The summed E-state index contributed by atoms with van der Waals surface area (Å²) in [7, 11) is -4.08. The molecule has 0 saturated carbocycles. The molecule has 0 fully saturated rings. The zero-order valence-electron chi connectivity index (χ0n) is 21.7. The number of rotatable bonds is 9. The minimum Gasteiger partial charge on any atom is -0.466 e. The maximum absolute atomic E-state index is 14.1. The predicted molar refractivity (Wildman–Crippen MR) is 151 cm³/mol. The molecule has 2 heterocycles. The standard InChI is InChI=1S/C30H28N4O4S/c1-3-38-28(35)18-20-34(39(36,37)25-16-14-22(2)15-17-25)27-21-33(24-11-5-4-6-12-24)32-30(27)26-13-7-9-23-10-8-19-31-29(23)26/h4-17,19,21H,3,18,20H2,1-2H3. The summed E-state index contributed by atoms with van der Waals surface area (Å²) in [5.74, 6) is -0.481. The van der Waals surface area contributed by atoms with Crippen molar-refractivity contribution in [2.45, 2.75) is 25.2 Å². The van der Waals surface area contributed by atoms with Gasteiger partial charge in [-0.3, -0.25) is 14.1 Å². The van der Waals surface area contributed by atoms with Crippen molar-refractivity contribution in [2.75, 3.05) is 17.5 Å². The van der Waals surface area contributed by atoms with Crippen LogP contribution in [0, 0.1) is 6.92 Å². The molecule has 9 heteroatoms. The topological polar surface area (TPSA) is 94.4 Å². The van der Waals surface area contributed by atoms with Gasteiger partial charge in [0.05, 0.1) is 41.0 Å². The Hall–Kier alpha value is -4.50. The first-order chi connectivity index (χ1) is 18.9. The maximum Gasteiger partial charge on any atom is 0.307 e. The Morgan fingerprint density at radius 1 is 0.949 bits per heavy atom. The van der Waals surface area contributed by atoms with Gasteiger partial charge < -0.3 is 4.74 Å². The summed E-state index contributed by atoms with van der Waals surface area (Å²) in [4.78, 5) is 17.1. The number of benzene rings is 3. The number of nitrogens with zero attached hydrogens (tertiary/aromatic N) is 4. The third-order valence-corrected chi connectivity index (χ3v) is 8.13. The molecule has 8 nitrogen and oxygen atoms in total. The number of aromatic nitrogens is 3. The van der Waals surface area contributed by atoms with Crippen molar-refractivity contribution < 1.29 is 17.9 Å². The van der Waals surface area contributed by atoms with Gasteiger partial charge in [0.2, 0.25) is 0 Å². The minimum absolute atomic E-state index is 0.117. The van der Waals surface area contributed by atoms with E-state index in [0.717, 1.165) is 16.6 Å². The molecular formula is C30H28N4O4S.